The van der Waals surface area contributed by atoms with E-state index in [0.29, 0.717) is 5.11 Å². The van der Waals surface area contributed by atoms with Crippen LogP contribution in [-0.4, -0.2) is 42.3 Å². The molecule has 2 N–H and O–H groups in total. The van der Waals surface area contributed by atoms with Crippen LogP contribution in [0.1, 0.15) is 57.8 Å². The molecule has 3 rings (SSSR count). The normalized spacial score (nSPS) is 18.8. The van der Waals surface area contributed by atoms with E-state index in [1.165, 1.54) is 57.8 Å². The van der Waals surface area contributed by atoms with Crippen molar-refractivity contribution in [2.45, 2.75) is 69.9 Å². The lowest BCUT2D eigenvalue weighted by Gasteiger charge is -2.38. The molecule has 0 radical (unpaired) electrons. The van der Waals surface area contributed by atoms with Crippen molar-refractivity contribution in [2.75, 3.05) is 25.5 Å². The number of anilines is 1. The van der Waals surface area contributed by atoms with Crippen molar-refractivity contribution in [2.24, 2.45) is 0 Å². The van der Waals surface area contributed by atoms with Crippen LogP contribution in [0.2, 0.25) is 0 Å². The number of rotatable bonds is 7. The average Bonchev–Trinajstić information content (AvgIpc) is 3.21. The largest absolute Gasteiger partial charge is 0.497 e. The maximum atomic E-state index is 5.47. The van der Waals surface area contributed by atoms with Gasteiger partial charge in [-0.3, -0.25) is 4.90 Å². The summed E-state index contributed by atoms with van der Waals surface area (Å²) in [5.74, 6) is 0.856. The van der Waals surface area contributed by atoms with Crippen molar-refractivity contribution in [3.05, 3.63) is 24.3 Å². The number of nitrogens with zero attached hydrogens (tertiary/aromatic N) is 1. The summed E-state index contributed by atoms with van der Waals surface area (Å²) in [5.41, 5.74) is 0.989. The first-order valence-corrected chi connectivity index (χ1v) is 10.6. The Balaban J connectivity index is 1.46. The van der Waals surface area contributed by atoms with Crippen LogP contribution < -0.4 is 15.4 Å². The molecule has 0 saturated heterocycles. The molecular weight excluding hydrogens is 342 g/mol. The number of thiocarbonyl (C=S) groups is 1. The lowest BCUT2D eigenvalue weighted by molar-refractivity contribution is 0.108. The minimum absolute atomic E-state index is 0.699. The number of methoxy groups -OCH3 is 1. The Hall–Kier alpha value is -1.33. The highest BCUT2D eigenvalue weighted by Gasteiger charge is 2.29. The van der Waals surface area contributed by atoms with Crippen LogP contribution in [0.3, 0.4) is 0 Å². The summed E-state index contributed by atoms with van der Waals surface area (Å²) < 4.78 is 5.19. The average molecular weight is 376 g/mol. The van der Waals surface area contributed by atoms with E-state index >= 15 is 0 Å². The second kappa shape index (κ2) is 10.1. The zero-order valence-electron chi connectivity index (χ0n) is 16.0. The van der Waals surface area contributed by atoms with E-state index in [4.69, 9.17) is 17.0 Å². The maximum Gasteiger partial charge on any atom is 0.170 e. The van der Waals surface area contributed by atoms with E-state index < -0.39 is 0 Å². The van der Waals surface area contributed by atoms with Gasteiger partial charge < -0.3 is 15.4 Å². The second-order valence-electron chi connectivity index (χ2n) is 7.58. The van der Waals surface area contributed by atoms with Crippen LogP contribution in [0.4, 0.5) is 5.69 Å². The van der Waals surface area contributed by atoms with Crippen LogP contribution in [-0.2, 0) is 0 Å². The third kappa shape index (κ3) is 5.58. The fourth-order valence-corrected chi connectivity index (χ4v) is 4.68. The van der Waals surface area contributed by atoms with E-state index in [-0.39, 0.29) is 0 Å². The number of nitrogens with one attached hydrogen (secondary N) is 2. The van der Waals surface area contributed by atoms with Gasteiger partial charge in [-0.05, 0) is 62.2 Å². The molecule has 5 heteroatoms. The highest BCUT2D eigenvalue weighted by atomic mass is 32.1. The third-order valence-corrected chi connectivity index (χ3v) is 6.09. The molecule has 0 atom stereocenters. The van der Waals surface area contributed by atoms with Gasteiger partial charge in [-0.2, -0.15) is 0 Å². The van der Waals surface area contributed by atoms with Crippen molar-refractivity contribution in [3.8, 4) is 5.75 Å². The van der Waals surface area contributed by atoms with Gasteiger partial charge in [0.25, 0.3) is 0 Å². The molecular formula is C21H33N3OS. The fourth-order valence-electron chi connectivity index (χ4n) is 4.46. The van der Waals surface area contributed by atoms with E-state index in [0.717, 1.165) is 36.6 Å². The zero-order valence-corrected chi connectivity index (χ0v) is 16.8. The van der Waals surface area contributed by atoms with Gasteiger partial charge in [-0.25, -0.2) is 0 Å². The minimum atomic E-state index is 0.699. The van der Waals surface area contributed by atoms with Crippen molar-refractivity contribution >= 4 is 23.0 Å². The first-order chi connectivity index (χ1) is 12.8. The number of hydrogen-bond donors (Lipinski definition) is 2. The summed E-state index contributed by atoms with van der Waals surface area (Å²) in [6, 6.07) is 9.44. The lowest BCUT2D eigenvalue weighted by atomic mass is 9.93. The Kier molecular flexibility index (Phi) is 7.56. The zero-order chi connectivity index (χ0) is 18.2. The van der Waals surface area contributed by atoms with Gasteiger partial charge in [0, 0.05) is 30.9 Å². The number of benzene rings is 1. The molecule has 144 valence electrons. The van der Waals surface area contributed by atoms with Crippen LogP contribution >= 0.6 is 12.2 Å². The minimum Gasteiger partial charge on any atom is -0.497 e. The van der Waals surface area contributed by atoms with Crippen molar-refractivity contribution in [3.63, 3.8) is 0 Å². The van der Waals surface area contributed by atoms with Crippen molar-refractivity contribution in [1.82, 2.24) is 10.2 Å². The predicted molar refractivity (Wildman–Crippen MR) is 113 cm³/mol. The van der Waals surface area contributed by atoms with E-state index in [1.54, 1.807) is 7.11 Å². The van der Waals surface area contributed by atoms with Gasteiger partial charge in [0.05, 0.1) is 7.11 Å². The Morgan fingerprint density at radius 2 is 1.58 bits per heavy atom. The molecule has 1 aromatic carbocycles. The van der Waals surface area contributed by atoms with Crippen LogP contribution in [0.5, 0.6) is 5.75 Å². The summed E-state index contributed by atoms with van der Waals surface area (Å²) in [6.45, 7) is 2.01. The molecule has 0 aromatic heterocycles. The molecule has 2 saturated carbocycles. The summed E-state index contributed by atoms with van der Waals surface area (Å²) in [6.07, 6.45) is 12.5. The van der Waals surface area contributed by atoms with Gasteiger partial charge >= 0.3 is 0 Å². The molecule has 2 fully saturated rings. The van der Waals surface area contributed by atoms with E-state index in [9.17, 15) is 0 Å². The van der Waals surface area contributed by atoms with Gasteiger partial charge in [0.1, 0.15) is 5.75 Å². The standard InChI is InChI=1S/C21H33N3OS/c1-25-20-13-11-17(12-14-20)23-21(26)22-15-16-24(19-9-5-6-10-19)18-7-3-2-4-8-18/h11-14,18-19H,2-10,15-16H2,1H3,(H2,22,23,26). The van der Waals surface area contributed by atoms with Gasteiger partial charge in [-0.15, -0.1) is 0 Å². The topological polar surface area (TPSA) is 36.5 Å². The molecule has 1 aromatic rings. The highest BCUT2D eigenvalue weighted by Crippen LogP contribution is 2.30. The predicted octanol–water partition coefficient (Wildman–Crippen LogP) is 4.56. The summed E-state index contributed by atoms with van der Waals surface area (Å²) in [7, 11) is 1.68. The molecule has 4 nitrogen and oxygen atoms in total. The Labute approximate surface area is 163 Å². The quantitative estimate of drug-likeness (QED) is 0.683. The van der Waals surface area contributed by atoms with Gasteiger partial charge in [0.15, 0.2) is 5.11 Å². The molecule has 2 aliphatic carbocycles. The Morgan fingerprint density at radius 1 is 1.00 bits per heavy atom. The van der Waals surface area contributed by atoms with Crippen molar-refractivity contribution in [1.29, 1.82) is 0 Å². The number of ether oxygens (including phenoxy) is 1. The lowest BCUT2D eigenvalue weighted by Crippen LogP contribution is -2.47. The van der Waals surface area contributed by atoms with Gasteiger partial charge in [0.2, 0.25) is 0 Å². The van der Waals surface area contributed by atoms with Gasteiger partial charge in [-0.1, -0.05) is 32.1 Å². The fraction of sp³-hybridized carbons (Fsp3) is 0.667. The number of hydrogen-bond acceptors (Lipinski definition) is 3. The smallest absolute Gasteiger partial charge is 0.170 e. The van der Waals surface area contributed by atoms with Crippen LogP contribution in [0, 0.1) is 0 Å². The Bertz CT molecular complexity index is 551. The van der Waals surface area contributed by atoms with Crippen LogP contribution in [0.25, 0.3) is 0 Å². The van der Waals surface area contributed by atoms with E-state index in [2.05, 4.69) is 15.5 Å². The molecule has 0 unspecified atom stereocenters. The molecule has 0 aliphatic heterocycles. The molecule has 26 heavy (non-hydrogen) atoms. The molecule has 2 aliphatic rings. The first kappa shape index (κ1) is 19.4. The molecule has 0 bridgehead atoms. The Morgan fingerprint density at radius 3 is 2.15 bits per heavy atom. The summed E-state index contributed by atoms with van der Waals surface area (Å²) in [4.78, 5) is 2.80. The molecule has 0 heterocycles. The summed E-state index contributed by atoms with van der Waals surface area (Å²) in [5, 5.41) is 7.36. The second-order valence-corrected chi connectivity index (χ2v) is 7.99. The molecule has 0 amide bonds. The van der Waals surface area contributed by atoms with E-state index in [1.807, 2.05) is 24.3 Å². The third-order valence-electron chi connectivity index (χ3n) is 5.84. The monoisotopic (exact) mass is 375 g/mol. The summed E-state index contributed by atoms with van der Waals surface area (Å²) >= 11 is 5.47. The molecule has 0 spiro atoms. The highest BCUT2D eigenvalue weighted by molar-refractivity contribution is 7.80. The van der Waals surface area contributed by atoms with Crippen LogP contribution in [0.15, 0.2) is 24.3 Å². The van der Waals surface area contributed by atoms with Crippen molar-refractivity contribution < 1.29 is 4.74 Å². The maximum absolute atomic E-state index is 5.47. The SMILES string of the molecule is COc1ccc(NC(=S)NCCN(C2CCCCC2)C2CCCC2)cc1. The first-order valence-electron chi connectivity index (χ1n) is 10.2.